The molecule has 0 saturated carbocycles. The maximum Gasteiger partial charge on any atom is 0.188 e. The Morgan fingerprint density at radius 1 is 0.600 bits per heavy atom. The average Bonchev–Trinajstić information content (AvgIpc) is 3.14. The molecule has 0 radical (unpaired) electrons. The average molecular weight is 415 g/mol. The zero-order chi connectivity index (χ0) is 20.3. The summed E-state index contributed by atoms with van der Waals surface area (Å²) in [6.45, 7) is 0.233. The molecule has 5 rings (SSSR count). The second-order valence-corrected chi connectivity index (χ2v) is 9.14. The highest BCUT2D eigenvalue weighted by Crippen LogP contribution is 2.62. The van der Waals surface area contributed by atoms with Crippen molar-refractivity contribution in [1.29, 1.82) is 0 Å². The van der Waals surface area contributed by atoms with Gasteiger partial charge in [-0.3, -0.25) is 0 Å². The van der Waals surface area contributed by atoms with Crippen molar-refractivity contribution in [3.05, 3.63) is 97.1 Å². The lowest BCUT2D eigenvalue weighted by Gasteiger charge is -2.19. The quantitative estimate of drug-likeness (QED) is 0.241. The van der Waals surface area contributed by atoms with Gasteiger partial charge in [0.05, 0.1) is 0 Å². The Kier molecular flexibility index (Phi) is 5.18. The molecule has 0 bridgehead atoms. The minimum absolute atomic E-state index is 0.233. The number of rotatable bonds is 6. The molecule has 0 unspecified atom stereocenters. The van der Waals surface area contributed by atoms with Crippen molar-refractivity contribution in [2.75, 3.05) is 13.9 Å². The lowest BCUT2D eigenvalue weighted by atomic mass is 10.1. The first-order chi connectivity index (χ1) is 14.8. The molecule has 0 aromatic heterocycles. The summed E-state index contributed by atoms with van der Waals surface area (Å²) in [5.74, 6) is 2.34. The maximum atomic E-state index is 6.01. The van der Waals surface area contributed by atoms with Crippen LogP contribution in [-0.2, 0) is 4.74 Å². The zero-order valence-corrected chi connectivity index (χ0v) is 17.5. The number of thiol groups is 1. The molecule has 4 heteroatoms. The molecule has 0 aliphatic carbocycles. The molecule has 30 heavy (non-hydrogen) atoms. The van der Waals surface area contributed by atoms with E-state index in [0.29, 0.717) is 0 Å². The first kappa shape index (κ1) is 18.8. The van der Waals surface area contributed by atoms with E-state index >= 15 is 0 Å². The van der Waals surface area contributed by atoms with Gasteiger partial charge in [-0.15, -0.1) is 0 Å². The van der Waals surface area contributed by atoms with E-state index in [-0.39, 0.29) is 6.79 Å². The zero-order valence-electron chi connectivity index (χ0n) is 16.6. The molecular weight excluding hydrogens is 392 g/mol. The third-order valence-electron chi connectivity index (χ3n) is 5.08. The molecule has 0 atom stereocenters. The summed E-state index contributed by atoms with van der Waals surface area (Å²) in [6, 6.07) is 33.5. The Morgan fingerprint density at radius 2 is 1.10 bits per heavy atom. The van der Waals surface area contributed by atoms with E-state index < -0.39 is 10.9 Å². The molecule has 1 aliphatic heterocycles. The molecular formula is C26H22O3S. The van der Waals surface area contributed by atoms with Crippen molar-refractivity contribution in [3.8, 4) is 28.4 Å². The van der Waals surface area contributed by atoms with Crippen molar-refractivity contribution in [3.63, 3.8) is 0 Å². The molecule has 4 aromatic rings. The van der Waals surface area contributed by atoms with Crippen molar-refractivity contribution in [1.82, 2.24) is 0 Å². The molecule has 3 nitrogen and oxygen atoms in total. The highest BCUT2D eigenvalue weighted by molar-refractivity contribution is 8.17. The van der Waals surface area contributed by atoms with E-state index in [9.17, 15) is 0 Å². The van der Waals surface area contributed by atoms with Crippen molar-refractivity contribution in [2.45, 2.75) is 14.7 Å². The van der Waals surface area contributed by atoms with Gasteiger partial charge in [-0.1, -0.05) is 36.4 Å². The van der Waals surface area contributed by atoms with Crippen LogP contribution in [0.5, 0.6) is 17.2 Å². The number of ether oxygens (including phenoxy) is 3. The van der Waals surface area contributed by atoms with Crippen LogP contribution < -0.4 is 9.47 Å². The van der Waals surface area contributed by atoms with E-state index in [4.69, 9.17) is 14.2 Å². The lowest BCUT2D eigenvalue weighted by molar-refractivity contribution is 0.0511. The minimum Gasteiger partial charge on any atom is -0.468 e. The number of methoxy groups -OCH3 is 1. The molecule has 0 fully saturated rings. The summed E-state index contributed by atoms with van der Waals surface area (Å²) >= 11 is 0. The van der Waals surface area contributed by atoms with Crippen LogP contribution in [0.2, 0.25) is 0 Å². The second kappa shape index (κ2) is 8.27. The van der Waals surface area contributed by atoms with Crippen LogP contribution in [0.4, 0.5) is 0 Å². The molecule has 0 spiro atoms. The third-order valence-corrected chi connectivity index (χ3v) is 7.64. The largest absolute Gasteiger partial charge is 0.468 e. The second-order valence-electron chi connectivity index (χ2n) is 6.99. The van der Waals surface area contributed by atoms with Crippen LogP contribution in [0.1, 0.15) is 0 Å². The molecule has 0 N–H and O–H groups in total. The van der Waals surface area contributed by atoms with Gasteiger partial charge in [-0.2, -0.15) is 10.9 Å². The van der Waals surface area contributed by atoms with Gasteiger partial charge in [0.25, 0.3) is 0 Å². The Labute approximate surface area is 179 Å². The fraction of sp³-hybridized carbons (Fsp3) is 0.0769. The first-order valence-electron chi connectivity index (χ1n) is 9.82. The topological polar surface area (TPSA) is 27.7 Å². The molecule has 0 amide bonds. The van der Waals surface area contributed by atoms with E-state index in [0.717, 1.165) is 17.2 Å². The summed E-state index contributed by atoms with van der Waals surface area (Å²) in [5, 5.41) is 0. The molecule has 1 aliphatic rings. The van der Waals surface area contributed by atoms with E-state index in [1.807, 2.05) is 24.3 Å². The minimum atomic E-state index is -0.538. The van der Waals surface area contributed by atoms with E-state index in [2.05, 4.69) is 72.8 Å². The van der Waals surface area contributed by atoms with Gasteiger partial charge in [-0.05, 0) is 76.7 Å². The van der Waals surface area contributed by atoms with Crippen LogP contribution in [0.25, 0.3) is 11.1 Å². The third kappa shape index (κ3) is 3.56. The predicted molar refractivity (Wildman–Crippen MR) is 121 cm³/mol. The number of hydrogen-bond acceptors (Lipinski definition) is 3. The van der Waals surface area contributed by atoms with Crippen molar-refractivity contribution >= 4 is 10.9 Å². The molecule has 0 saturated heterocycles. The fourth-order valence-electron chi connectivity index (χ4n) is 3.73. The van der Waals surface area contributed by atoms with Gasteiger partial charge in [0.2, 0.25) is 0 Å². The van der Waals surface area contributed by atoms with Crippen LogP contribution in [-0.4, -0.2) is 13.9 Å². The highest BCUT2D eigenvalue weighted by atomic mass is 32.2. The first-order valence-corrected chi connectivity index (χ1v) is 11.2. The molecule has 1 heterocycles. The summed E-state index contributed by atoms with van der Waals surface area (Å²) in [7, 11) is 1.06. The van der Waals surface area contributed by atoms with Gasteiger partial charge in [0, 0.05) is 16.9 Å². The van der Waals surface area contributed by atoms with Crippen LogP contribution in [0, 0.1) is 0 Å². The van der Waals surface area contributed by atoms with Crippen molar-refractivity contribution in [2.24, 2.45) is 0 Å². The number of benzene rings is 4. The lowest BCUT2D eigenvalue weighted by Crippen LogP contribution is -1.98. The maximum absolute atomic E-state index is 6.01. The fourth-order valence-corrected chi connectivity index (χ4v) is 6.34. The molecule has 4 aromatic carbocycles. The van der Waals surface area contributed by atoms with E-state index in [1.165, 1.54) is 25.8 Å². The summed E-state index contributed by atoms with van der Waals surface area (Å²) < 4.78 is 16.3. The number of fused-ring (bicyclic) bond motifs is 3. The van der Waals surface area contributed by atoms with Gasteiger partial charge < -0.3 is 14.2 Å². The Balaban J connectivity index is 1.38. The summed E-state index contributed by atoms with van der Waals surface area (Å²) in [4.78, 5) is 4.18. The summed E-state index contributed by atoms with van der Waals surface area (Å²) in [6.07, 6.45) is 0. The Morgan fingerprint density at radius 3 is 1.67 bits per heavy atom. The van der Waals surface area contributed by atoms with Crippen LogP contribution >= 0.6 is 10.9 Å². The standard InChI is InChI=1S/C26H22O3S/c1-27-18-28-19-10-12-20(13-11-19)29-21-14-16-22(17-15-21)30-25-8-4-2-6-23(25)24-7-3-5-9-26(24)30/h2-17,30H,18H2,1H3. The number of hydrogen-bond donors (Lipinski definition) is 1. The van der Waals surface area contributed by atoms with Gasteiger partial charge in [-0.25, -0.2) is 0 Å². The van der Waals surface area contributed by atoms with Gasteiger partial charge in [0.1, 0.15) is 17.2 Å². The monoisotopic (exact) mass is 414 g/mol. The Hall–Kier alpha value is -3.21. The summed E-state index contributed by atoms with van der Waals surface area (Å²) in [5.41, 5.74) is 2.71. The van der Waals surface area contributed by atoms with Gasteiger partial charge >= 0.3 is 0 Å². The smallest absolute Gasteiger partial charge is 0.188 e. The predicted octanol–water partition coefficient (Wildman–Crippen LogP) is 6.92. The van der Waals surface area contributed by atoms with Crippen molar-refractivity contribution < 1.29 is 14.2 Å². The SMILES string of the molecule is COCOc1ccc(Oc2ccc([SH]3c4ccccc4-c4ccccc43)cc2)cc1. The molecule has 150 valence electrons. The van der Waals surface area contributed by atoms with Crippen LogP contribution in [0.3, 0.4) is 0 Å². The van der Waals surface area contributed by atoms with Gasteiger partial charge in [0.15, 0.2) is 6.79 Å². The Bertz CT molecular complexity index is 1110. The van der Waals surface area contributed by atoms with Crippen LogP contribution in [0.15, 0.2) is 112 Å². The highest BCUT2D eigenvalue weighted by Gasteiger charge is 2.26. The van der Waals surface area contributed by atoms with E-state index in [1.54, 1.807) is 7.11 Å². The normalized spacial score (nSPS) is 12.9.